The van der Waals surface area contributed by atoms with Gasteiger partial charge in [-0.3, -0.25) is 0 Å². The van der Waals surface area contributed by atoms with E-state index in [2.05, 4.69) is 4.98 Å². The van der Waals surface area contributed by atoms with Gasteiger partial charge >= 0.3 is 0 Å². The molecule has 0 atom stereocenters. The number of rotatable bonds is 4. The second-order valence-corrected chi connectivity index (χ2v) is 5.70. The molecule has 0 bridgehead atoms. The Morgan fingerprint density at radius 2 is 1.95 bits per heavy atom. The van der Waals surface area contributed by atoms with E-state index in [4.69, 9.17) is 22.1 Å². The van der Waals surface area contributed by atoms with E-state index in [1.165, 1.54) is 0 Å². The van der Waals surface area contributed by atoms with Crippen molar-refractivity contribution in [1.29, 1.82) is 0 Å². The van der Waals surface area contributed by atoms with Crippen LogP contribution < -0.4 is 10.5 Å². The van der Waals surface area contributed by atoms with Gasteiger partial charge in [-0.2, -0.15) is 0 Å². The number of aromatic nitrogens is 1. The molecular weight excluding hydrogens is 304 g/mol. The zero-order valence-corrected chi connectivity index (χ0v) is 12.7. The molecule has 2 N–H and O–H groups in total. The van der Waals surface area contributed by atoms with Gasteiger partial charge in [-0.15, -0.1) is 11.3 Å². The average molecular weight is 317 g/mol. The van der Waals surface area contributed by atoms with Crippen LogP contribution in [0.5, 0.6) is 5.75 Å². The Kier molecular flexibility index (Phi) is 4.08. The lowest BCUT2D eigenvalue weighted by Gasteiger charge is -2.10. The van der Waals surface area contributed by atoms with Crippen molar-refractivity contribution in [3.8, 4) is 17.0 Å². The van der Waals surface area contributed by atoms with Crippen molar-refractivity contribution in [2.24, 2.45) is 0 Å². The summed E-state index contributed by atoms with van der Waals surface area (Å²) in [7, 11) is 0. The zero-order valence-electron chi connectivity index (χ0n) is 11.1. The molecule has 0 amide bonds. The number of hydrogen-bond donors (Lipinski definition) is 1. The smallest absolute Gasteiger partial charge is 0.142 e. The molecule has 2 aromatic carbocycles. The van der Waals surface area contributed by atoms with E-state index < -0.39 is 0 Å². The minimum absolute atomic E-state index is 0.456. The highest BCUT2D eigenvalue weighted by atomic mass is 35.5. The van der Waals surface area contributed by atoms with Crippen LogP contribution in [-0.4, -0.2) is 4.98 Å². The molecule has 0 unspecified atom stereocenters. The highest BCUT2D eigenvalue weighted by molar-refractivity contribution is 7.07. The Labute approximate surface area is 132 Å². The van der Waals surface area contributed by atoms with Crippen LogP contribution in [0.4, 0.5) is 5.69 Å². The number of benzene rings is 2. The number of nitrogens with zero attached hydrogens (tertiary/aromatic N) is 1. The minimum atomic E-state index is 0.456. The van der Waals surface area contributed by atoms with Crippen LogP contribution in [0.3, 0.4) is 0 Å². The van der Waals surface area contributed by atoms with Crippen LogP contribution in [0, 0.1) is 0 Å². The van der Waals surface area contributed by atoms with Gasteiger partial charge in [0.15, 0.2) is 0 Å². The summed E-state index contributed by atoms with van der Waals surface area (Å²) in [6, 6.07) is 13.3. The molecule has 106 valence electrons. The lowest BCUT2D eigenvalue weighted by Crippen LogP contribution is -1.99. The molecular formula is C16H13ClN2OS. The third kappa shape index (κ3) is 3.35. The van der Waals surface area contributed by atoms with Crippen molar-refractivity contribution in [2.45, 2.75) is 6.61 Å². The fraction of sp³-hybridized carbons (Fsp3) is 0.0625. The van der Waals surface area contributed by atoms with E-state index in [1.807, 2.05) is 47.8 Å². The van der Waals surface area contributed by atoms with Gasteiger partial charge in [0.2, 0.25) is 0 Å². The Morgan fingerprint density at radius 1 is 1.14 bits per heavy atom. The van der Waals surface area contributed by atoms with Gasteiger partial charge in [-0.25, -0.2) is 4.98 Å². The van der Waals surface area contributed by atoms with Crippen LogP contribution in [0.15, 0.2) is 53.4 Å². The molecule has 1 aromatic heterocycles. The summed E-state index contributed by atoms with van der Waals surface area (Å²) in [5, 5.41) is 2.70. The average Bonchev–Trinajstić information content (AvgIpc) is 3.02. The van der Waals surface area contributed by atoms with Crippen molar-refractivity contribution in [3.05, 3.63) is 63.9 Å². The van der Waals surface area contributed by atoms with Crippen LogP contribution in [0.25, 0.3) is 11.3 Å². The summed E-state index contributed by atoms with van der Waals surface area (Å²) in [4.78, 5) is 4.27. The third-order valence-electron chi connectivity index (χ3n) is 3.05. The largest absolute Gasteiger partial charge is 0.487 e. The number of ether oxygens (including phenoxy) is 1. The van der Waals surface area contributed by atoms with E-state index in [9.17, 15) is 0 Å². The summed E-state index contributed by atoms with van der Waals surface area (Å²) < 4.78 is 5.75. The van der Waals surface area contributed by atoms with E-state index in [-0.39, 0.29) is 0 Å². The quantitative estimate of drug-likeness (QED) is 0.714. The topological polar surface area (TPSA) is 48.1 Å². The first-order valence-corrected chi connectivity index (χ1v) is 7.70. The molecule has 1 heterocycles. The van der Waals surface area contributed by atoms with Crippen molar-refractivity contribution in [3.63, 3.8) is 0 Å². The van der Waals surface area contributed by atoms with Crippen LogP contribution in [-0.2, 0) is 6.61 Å². The molecule has 0 aliphatic heterocycles. The first-order chi connectivity index (χ1) is 10.2. The van der Waals surface area contributed by atoms with Crippen LogP contribution in [0.2, 0.25) is 5.02 Å². The molecule has 21 heavy (non-hydrogen) atoms. The monoisotopic (exact) mass is 316 g/mol. The number of anilines is 1. The number of halogens is 1. The maximum absolute atomic E-state index is 6.05. The third-order valence-corrected chi connectivity index (χ3v) is 3.88. The predicted molar refractivity (Wildman–Crippen MR) is 87.7 cm³/mol. The molecule has 3 nitrogen and oxygen atoms in total. The Balaban J connectivity index is 1.73. The number of nitrogen functional groups attached to an aromatic ring is 1. The van der Waals surface area contributed by atoms with Crippen molar-refractivity contribution >= 4 is 28.6 Å². The van der Waals surface area contributed by atoms with E-state index in [0.29, 0.717) is 23.1 Å². The fourth-order valence-electron chi connectivity index (χ4n) is 1.94. The second kappa shape index (κ2) is 6.16. The number of nitrogens with two attached hydrogens (primary N) is 1. The van der Waals surface area contributed by atoms with E-state index >= 15 is 0 Å². The summed E-state index contributed by atoms with van der Waals surface area (Å²) >= 11 is 7.41. The van der Waals surface area contributed by atoms with E-state index in [1.54, 1.807) is 16.8 Å². The van der Waals surface area contributed by atoms with Gasteiger partial charge in [-0.1, -0.05) is 23.7 Å². The van der Waals surface area contributed by atoms with Gasteiger partial charge in [-0.05, 0) is 35.9 Å². The van der Waals surface area contributed by atoms with Crippen molar-refractivity contribution in [2.75, 3.05) is 5.73 Å². The molecule has 0 saturated carbocycles. The fourth-order valence-corrected chi connectivity index (χ4v) is 2.62. The molecule has 0 aliphatic rings. The summed E-state index contributed by atoms with van der Waals surface area (Å²) in [6.45, 7) is 0.456. The summed E-state index contributed by atoms with van der Waals surface area (Å²) in [5.74, 6) is 0.670. The molecule has 0 saturated heterocycles. The van der Waals surface area contributed by atoms with Gasteiger partial charge in [0.05, 0.1) is 16.9 Å². The van der Waals surface area contributed by atoms with Crippen LogP contribution in [0.1, 0.15) is 5.56 Å². The molecule has 0 aliphatic carbocycles. The lowest BCUT2D eigenvalue weighted by molar-refractivity contribution is 0.308. The Morgan fingerprint density at radius 3 is 2.62 bits per heavy atom. The van der Waals surface area contributed by atoms with Crippen molar-refractivity contribution < 1.29 is 4.74 Å². The molecule has 0 spiro atoms. The Hall–Kier alpha value is -2.04. The number of hydrogen-bond acceptors (Lipinski definition) is 4. The molecule has 5 heteroatoms. The Bertz CT molecular complexity index is 727. The number of thiazole rings is 1. The maximum Gasteiger partial charge on any atom is 0.142 e. The first kappa shape index (κ1) is 13.9. The van der Waals surface area contributed by atoms with Gasteiger partial charge < -0.3 is 10.5 Å². The second-order valence-electron chi connectivity index (χ2n) is 4.54. The zero-order chi connectivity index (χ0) is 14.7. The van der Waals surface area contributed by atoms with Crippen LogP contribution >= 0.6 is 22.9 Å². The molecule has 3 rings (SSSR count). The summed E-state index contributed by atoms with van der Waals surface area (Å²) in [5.41, 5.74) is 11.4. The van der Waals surface area contributed by atoms with Gasteiger partial charge in [0, 0.05) is 16.0 Å². The highest BCUT2D eigenvalue weighted by Gasteiger charge is 2.05. The minimum Gasteiger partial charge on any atom is -0.487 e. The maximum atomic E-state index is 6.05. The van der Waals surface area contributed by atoms with Gasteiger partial charge in [0.25, 0.3) is 0 Å². The molecule has 3 aromatic rings. The van der Waals surface area contributed by atoms with Crippen molar-refractivity contribution in [1.82, 2.24) is 4.98 Å². The molecule has 0 radical (unpaired) electrons. The molecule has 0 fully saturated rings. The van der Waals surface area contributed by atoms with Gasteiger partial charge in [0.1, 0.15) is 12.4 Å². The highest BCUT2D eigenvalue weighted by Crippen LogP contribution is 2.29. The van der Waals surface area contributed by atoms with E-state index in [0.717, 1.165) is 16.8 Å². The SMILES string of the molecule is Nc1cc(-c2cscn2)ccc1OCc1ccc(Cl)cc1. The predicted octanol–water partition coefficient (Wildman–Crippen LogP) is 4.62. The standard InChI is InChI=1S/C16H13ClN2OS/c17-13-4-1-11(2-5-13)8-20-16-6-3-12(7-14(16)18)15-9-21-10-19-15/h1-7,9-10H,8,18H2. The lowest BCUT2D eigenvalue weighted by atomic mass is 10.1. The summed E-state index contributed by atoms with van der Waals surface area (Å²) in [6.07, 6.45) is 0. The first-order valence-electron chi connectivity index (χ1n) is 6.38. The normalized spacial score (nSPS) is 10.5.